The maximum absolute atomic E-state index is 4.49. The first-order valence-corrected chi connectivity index (χ1v) is 7.94. The predicted molar refractivity (Wildman–Crippen MR) is 87.3 cm³/mol. The second-order valence-electron chi connectivity index (χ2n) is 5.59. The van der Waals surface area contributed by atoms with Gasteiger partial charge in [-0.25, -0.2) is 26.1 Å². The largest absolute Gasteiger partial charge is 3.00 e. The Morgan fingerprint density at radius 2 is 1.15 bits per heavy atom. The molecule has 7 nitrogen and oxygen atoms in total. The van der Waals surface area contributed by atoms with Gasteiger partial charge in [-0.05, 0) is 37.8 Å². The molecule has 2 N–H and O–H groups in total. The number of nitrogens with one attached hydrogen (secondary N) is 2. The molecule has 0 atom stereocenters. The van der Waals surface area contributed by atoms with Crippen LogP contribution in [0.3, 0.4) is 0 Å². The molecule has 3 heterocycles. The molecule has 0 aromatic carbocycles. The Labute approximate surface area is 183 Å². The molecule has 148 valence electrons. The van der Waals surface area contributed by atoms with Gasteiger partial charge < -0.3 is 37.2 Å². The molecule has 2 saturated heterocycles. The van der Waals surface area contributed by atoms with Gasteiger partial charge in [-0.15, -0.1) is 0 Å². The zero-order chi connectivity index (χ0) is 15.0. The average molecular weight is 467 g/mol. The van der Waals surface area contributed by atoms with Crippen LogP contribution in [-0.2, 0) is 16.8 Å². The van der Waals surface area contributed by atoms with E-state index in [1.54, 1.807) is 12.4 Å². The second-order valence-corrected chi connectivity index (χ2v) is 5.59. The smallest absolute Gasteiger partial charge is 1.00 e. The first-order valence-electron chi connectivity index (χ1n) is 7.94. The normalized spacial score (nSPS) is 17.2. The molecule has 0 bridgehead atoms. The molecule has 0 unspecified atom stereocenters. The molecule has 2 aliphatic rings. The van der Waals surface area contributed by atoms with E-state index in [4.69, 9.17) is 0 Å². The molecule has 26 heavy (non-hydrogen) atoms. The molecule has 3 rings (SSSR count). The van der Waals surface area contributed by atoms with Crippen molar-refractivity contribution in [1.82, 2.24) is 26.1 Å². The Morgan fingerprint density at radius 3 is 1.54 bits per heavy atom. The third kappa shape index (κ3) is 9.36. The molecule has 0 spiro atoms. The fourth-order valence-corrected chi connectivity index (χ4v) is 2.60. The molecular formula is C15H23Cl3CoN7. The number of halogens is 3. The SMILES string of the molecule is C(=NNN1CCCC1)c1cccc(C=NNN2CCCC2)n1.[Cl-].[Cl-].[Cl-].[Co+3]. The first kappa shape index (κ1) is 27.6. The zero-order valence-corrected chi connectivity index (χ0v) is 17.6. The van der Waals surface area contributed by atoms with Crippen LogP contribution in [-0.4, -0.2) is 53.6 Å². The minimum atomic E-state index is 0. The van der Waals surface area contributed by atoms with Gasteiger partial charge in [-0.3, -0.25) is 0 Å². The number of hydrogen-bond acceptors (Lipinski definition) is 7. The van der Waals surface area contributed by atoms with Gasteiger partial charge in [-0.1, -0.05) is 6.07 Å². The summed E-state index contributed by atoms with van der Waals surface area (Å²) in [6.07, 6.45) is 8.41. The summed E-state index contributed by atoms with van der Waals surface area (Å²) in [7, 11) is 0. The zero-order valence-electron chi connectivity index (χ0n) is 14.2. The molecule has 2 fully saturated rings. The molecular weight excluding hydrogens is 444 g/mol. The maximum atomic E-state index is 4.49. The van der Waals surface area contributed by atoms with Crippen molar-refractivity contribution in [2.24, 2.45) is 10.2 Å². The van der Waals surface area contributed by atoms with E-state index in [0.717, 1.165) is 37.6 Å². The second kappa shape index (κ2) is 15.4. The van der Waals surface area contributed by atoms with E-state index >= 15 is 0 Å². The summed E-state index contributed by atoms with van der Waals surface area (Å²) in [5, 5.41) is 12.7. The van der Waals surface area contributed by atoms with Crippen LogP contribution in [0.1, 0.15) is 37.1 Å². The molecule has 0 saturated carbocycles. The van der Waals surface area contributed by atoms with Crippen molar-refractivity contribution in [3.8, 4) is 0 Å². The topological polar surface area (TPSA) is 68.2 Å². The van der Waals surface area contributed by atoms with E-state index in [-0.39, 0.29) is 54.0 Å². The number of pyridine rings is 1. The first-order chi connectivity index (χ1) is 10.9. The van der Waals surface area contributed by atoms with Gasteiger partial charge in [0, 0.05) is 26.2 Å². The van der Waals surface area contributed by atoms with E-state index in [9.17, 15) is 0 Å². The summed E-state index contributed by atoms with van der Waals surface area (Å²) in [4.78, 5) is 4.49. The van der Waals surface area contributed by atoms with Gasteiger partial charge in [0.2, 0.25) is 0 Å². The molecule has 0 amide bonds. The van der Waals surface area contributed by atoms with E-state index < -0.39 is 0 Å². The minimum absolute atomic E-state index is 0. The maximum Gasteiger partial charge on any atom is 3.00 e. The minimum Gasteiger partial charge on any atom is -1.00 e. The Balaban J connectivity index is 0. The summed E-state index contributed by atoms with van der Waals surface area (Å²) < 4.78 is 0. The van der Waals surface area contributed by atoms with Crippen molar-refractivity contribution in [3.05, 3.63) is 29.6 Å². The van der Waals surface area contributed by atoms with E-state index in [1.165, 1.54) is 25.7 Å². The van der Waals surface area contributed by atoms with Crippen LogP contribution in [0, 0.1) is 0 Å². The predicted octanol–water partition coefficient (Wildman–Crippen LogP) is -8.04. The van der Waals surface area contributed by atoms with Crippen molar-refractivity contribution in [2.45, 2.75) is 25.7 Å². The van der Waals surface area contributed by atoms with Crippen LogP contribution in [0.25, 0.3) is 0 Å². The quantitative estimate of drug-likeness (QED) is 0.322. The number of hydrazone groups is 2. The van der Waals surface area contributed by atoms with Crippen molar-refractivity contribution < 1.29 is 54.0 Å². The Hall–Kier alpha value is -0.614. The Kier molecular flexibility index (Phi) is 16.4. The summed E-state index contributed by atoms with van der Waals surface area (Å²) in [5.41, 5.74) is 7.71. The summed E-state index contributed by atoms with van der Waals surface area (Å²) in [5.74, 6) is 0. The fourth-order valence-electron chi connectivity index (χ4n) is 2.60. The van der Waals surface area contributed by atoms with E-state index in [2.05, 4.69) is 36.3 Å². The number of hydrazine groups is 2. The summed E-state index contributed by atoms with van der Waals surface area (Å²) in [6.45, 7) is 4.22. The number of hydrogen-bond donors (Lipinski definition) is 2. The van der Waals surface area contributed by atoms with E-state index in [0.29, 0.717) is 0 Å². The van der Waals surface area contributed by atoms with Crippen molar-refractivity contribution >= 4 is 12.4 Å². The summed E-state index contributed by atoms with van der Waals surface area (Å²) in [6, 6.07) is 5.82. The standard InChI is InChI=1S/C15H23N7.3ClH.Co/c1-2-9-21(8-1)19-16-12-14-6-5-7-15(18-14)13-17-20-22-10-3-4-11-22;;;;/h5-7,12-13,19-20H,1-4,8-11H2;3*1H;/q;;;;+3/p-3. The Bertz CT molecular complexity index is 492. The third-order valence-electron chi connectivity index (χ3n) is 3.80. The van der Waals surface area contributed by atoms with E-state index in [1.807, 2.05) is 18.2 Å². The van der Waals surface area contributed by atoms with Gasteiger partial charge >= 0.3 is 16.8 Å². The van der Waals surface area contributed by atoms with Crippen LogP contribution in [0.2, 0.25) is 0 Å². The molecule has 2 aliphatic heterocycles. The van der Waals surface area contributed by atoms with Crippen molar-refractivity contribution in [3.63, 3.8) is 0 Å². The number of rotatable bonds is 6. The monoisotopic (exact) mass is 465 g/mol. The fraction of sp³-hybridized carbons (Fsp3) is 0.533. The number of aromatic nitrogens is 1. The van der Waals surface area contributed by atoms with Gasteiger partial charge in [-0.2, -0.15) is 10.2 Å². The average Bonchev–Trinajstić information content (AvgIpc) is 3.21. The van der Waals surface area contributed by atoms with Gasteiger partial charge in [0.05, 0.1) is 23.8 Å². The molecule has 1 aromatic heterocycles. The number of nitrogens with zero attached hydrogens (tertiary/aromatic N) is 5. The molecule has 1 aromatic rings. The third-order valence-corrected chi connectivity index (χ3v) is 3.80. The van der Waals surface area contributed by atoms with Gasteiger partial charge in [0.1, 0.15) is 0 Å². The molecule has 0 aliphatic carbocycles. The summed E-state index contributed by atoms with van der Waals surface area (Å²) >= 11 is 0. The van der Waals surface area contributed by atoms with Crippen molar-refractivity contribution in [2.75, 3.05) is 26.2 Å². The van der Waals surface area contributed by atoms with Gasteiger partial charge in [0.25, 0.3) is 0 Å². The molecule has 0 radical (unpaired) electrons. The Morgan fingerprint density at radius 1 is 0.769 bits per heavy atom. The van der Waals surface area contributed by atoms with Crippen LogP contribution in [0.5, 0.6) is 0 Å². The molecule has 11 heteroatoms. The van der Waals surface area contributed by atoms with Crippen LogP contribution >= 0.6 is 0 Å². The van der Waals surface area contributed by atoms with Crippen LogP contribution < -0.4 is 48.3 Å². The van der Waals surface area contributed by atoms with Gasteiger partial charge in [0.15, 0.2) is 0 Å². The van der Waals surface area contributed by atoms with Crippen LogP contribution in [0.4, 0.5) is 0 Å². The van der Waals surface area contributed by atoms with Crippen LogP contribution in [0.15, 0.2) is 28.4 Å². The van der Waals surface area contributed by atoms with Crippen molar-refractivity contribution in [1.29, 1.82) is 0 Å².